The van der Waals surface area contributed by atoms with Crippen molar-refractivity contribution in [1.82, 2.24) is 5.43 Å². The first-order chi connectivity index (χ1) is 10.6. The number of rotatable bonds is 5. The second-order valence-electron chi connectivity index (χ2n) is 4.34. The number of thiocarbonyl (C=S) groups is 1. The van der Waals surface area contributed by atoms with Gasteiger partial charge in [0.15, 0.2) is 6.21 Å². The zero-order valence-corrected chi connectivity index (χ0v) is 13.8. The summed E-state index contributed by atoms with van der Waals surface area (Å²) in [6, 6.07) is 12.8. The SMILES string of the molecule is NC(=S)N[NH+]=Cc1cccc(OCc2c(Cl)cccc2Cl)c1. The molecule has 2 aromatic carbocycles. The molecule has 0 unspecified atom stereocenters. The van der Waals surface area contributed by atoms with Crippen LogP contribution in [0.4, 0.5) is 0 Å². The van der Waals surface area contributed by atoms with Gasteiger partial charge in [-0.1, -0.05) is 35.3 Å². The molecule has 0 aliphatic heterocycles. The van der Waals surface area contributed by atoms with Crippen molar-refractivity contribution in [3.63, 3.8) is 0 Å². The lowest BCUT2D eigenvalue weighted by Gasteiger charge is -2.09. The summed E-state index contributed by atoms with van der Waals surface area (Å²) >= 11 is 16.9. The molecule has 0 atom stereocenters. The molecule has 0 saturated heterocycles. The Labute approximate surface area is 143 Å². The Morgan fingerprint density at radius 1 is 1.23 bits per heavy atom. The van der Waals surface area contributed by atoms with Crippen LogP contribution in [0.3, 0.4) is 0 Å². The van der Waals surface area contributed by atoms with E-state index in [0.717, 1.165) is 11.1 Å². The van der Waals surface area contributed by atoms with E-state index in [0.29, 0.717) is 22.4 Å². The maximum atomic E-state index is 6.11. The van der Waals surface area contributed by atoms with E-state index in [-0.39, 0.29) is 5.11 Å². The lowest BCUT2D eigenvalue weighted by Crippen LogP contribution is -2.82. The molecule has 4 nitrogen and oxygen atoms in total. The second-order valence-corrected chi connectivity index (χ2v) is 5.59. The largest absolute Gasteiger partial charge is 0.489 e. The van der Waals surface area contributed by atoms with Crippen molar-refractivity contribution in [2.24, 2.45) is 5.73 Å². The smallest absolute Gasteiger partial charge is 0.221 e. The Bertz CT molecular complexity index is 687. The molecule has 0 radical (unpaired) electrons. The number of hydrazine groups is 1. The van der Waals surface area contributed by atoms with Crippen molar-refractivity contribution in [3.8, 4) is 5.75 Å². The summed E-state index contributed by atoms with van der Waals surface area (Å²) in [7, 11) is 0. The number of nitrogens with two attached hydrogens (primary N) is 1. The highest BCUT2D eigenvalue weighted by Crippen LogP contribution is 2.25. The summed E-state index contributed by atoms with van der Waals surface area (Å²) in [6.07, 6.45) is 1.72. The summed E-state index contributed by atoms with van der Waals surface area (Å²) in [5, 5.41) is 4.11. The van der Waals surface area contributed by atoms with Gasteiger partial charge in [0.05, 0.1) is 0 Å². The van der Waals surface area contributed by atoms with E-state index in [1.165, 1.54) is 0 Å². The Kier molecular flexibility index (Phi) is 6.00. The number of hydrogen-bond acceptors (Lipinski definition) is 2. The van der Waals surface area contributed by atoms with Gasteiger partial charge < -0.3 is 10.5 Å². The van der Waals surface area contributed by atoms with Crippen LogP contribution in [0.15, 0.2) is 42.5 Å². The molecule has 2 rings (SSSR count). The molecule has 0 heterocycles. The number of ether oxygens (including phenoxy) is 1. The van der Waals surface area contributed by atoms with Gasteiger partial charge in [-0.05, 0) is 42.5 Å². The first-order valence-corrected chi connectivity index (χ1v) is 7.52. The Morgan fingerprint density at radius 3 is 2.59 bits per heavy atom. The van der Waals surface area contributed by atoms with Gasteiger partial charge in [-0.15, -0.1) is 10.5 Å². The van der Waals surface area contributed by atoms with Gasteiger partial charge in [0, 0.05) is 21.2 Å². The molecule has 22 heavy (non-hydrogen) atoms. The molecule has 0 aliphatic carbocycles. The van der Waals surface area contributed by atoms with Crippen molar-refractivity contribution in [2.75, 3.05) is 0 Å². The van der Waals surface area contributed by atoms with Gasteiger partial charge in [0.25, 0.3) is 0 Å². The van der Waals surface area contributed by atoms with E-state index >= 15 is 0 Å². The molecular weight excluding hydrogens is 341 g/mol. The van der Waals surface area contributed by atoms with Crippen molar-refractivity contribution < 1.29 is 9.84 Å². The normalized spacial score (nSPS) is 10.6. The fourth-order valence-electron chi connectivity index (χ4n) is 1.71. The van der Waals surface area contributed by atoms with Crippen LogP contribution in [0, 0.1) is 0 Å². The lowest BCUT2D eigenvalue weighted by atomic mass is 10.2. The van der Waals surface area contributed by atoms with Crippen LogP contribution in [0.5, 0.6) is 5.75 Å². The maximum Gasteiger partial charge on any atom is 0.221 e. The van der Waals surface area contributed by atoms with Crippen molar-refractivity contribution in [2.45, 2.75) is 6.61 Å². The molecule has 0 bridgehead atoms. The Balaban J connectivity index is 2.04. The van der Waals surface area contributed by atoms with Gasteiger partial charge in [-0.2, -0.15) is 0 Å². The number of hydrogen-bond donors (Lipinski definition) is 3. The number of nitrogens with one attached hydrogen (secondary N) is 2. The van der Waals surface area contributed by atoms with Gasteiger partial charge in [-0.25, -0.2) is 0 Å². The predicted molar refractivity (Wildman–Crippen MR) is 93.3 cm³/mol. The standard InChI is InChI=1S/C15H13Cl2N3OS/c16-13-5-2-6-14(17)12(13)9-21-11-4-1-3-10(7-11)8-19-20-15(18)22/h1-8H,9H2,(H3,18,20,22)/p+1. The van der Waals surface area contributed by atoms with E-state index < -0.39 is 0 Å². The summed E-state index contributed by atoms with van der Waals surface area (Å²) < 4.78 is 5.73. The molecule has 4 N–H and O–H groups in total. The molecule has 7 heteroatoms. The molecule has 0 saturated carbocycles. The van der Waals surface area contributed by atoms with Gasteiger partial charge in [-0.3, -0.25) is 0 Å². The highest BCUT2D eigenvalue weighted by Gasteiger charge is 2.06. The minimum absolute atomic E-state index is 0.164. The van der Waals surface area contributed by atoms with E-state index in [4.69, 9.17) is 45.9 Å². The van der Waals surface area contributed by atoms with Gasteiger partial charge in [0.2, 0.25) is 5.11 Å². The monoisotopic (exact) mass is 354 g/mol. The zero-order valence-electron chi connectivity index (χ0n) is 11.5. The van der Waals surface area contributed by atoms with Crippen LogP contribution >= 0.6 is 35.4 Å². The third-order valence-electron chi connectivity index (χ3n) is 2.74. The molecule has 0 aromatic heterocycles. The van der Waals surface area contributed by atoms with E-state index in [1.54, 1.807) is 24.4 Å². The molecule has 0 amide bonds. The quantitative estimate of drug-likeness (QED) is 0.435. The highest BCUT2D eigenvalue weighted by atomic mass is 35.5. The topological polar surface area (TPSA) is 61.2 Å². The minimum atomic E-state index is 0.164. The third-order valence-corrected chi connectivity index (χ3v) is 3.55. The third kappa shape index (κ3) is 4.87. The van der Waals surface area contributed by atoms with Crippen LogP contribution in [0.1, 0.15) is 11.1 Å². The molecule has 0 aliphatic rings. The maximum absolute atomic E-state index is 6.11. The molecule has 0 spiro atoms. The average Bonchev–Trinajstić information content (AvgIpc) is 2.47. The molecule has 114 valence electrons. The predicted octanol–water partition coefficient (Wildman–Crippen LogP) is 1.82. The van der Waals surface area contributed by atoms with Crippen LogP contribution in [-0.2, 0) is 6.61 Å². The number of halogens is 2. The number of hydrazone groups is 1. The summed E-state index contributed by atoms with van der Waals surface area (Å²) in [6.45, 7) is 0.292. The van der Waals surface area contributed by atoms with E-state index in [1.807, 2.05) is 24.3 Å². The van der Waals surface area contributed by atoms with Gasteiger partial charge >= 0.3 is 0 Å². The molecular formula is C15H14Cl2N3OS+. The summed E-state index contributed by atoms with van der Waals surface area (Å²) in [5.41, 5.74) is 9.58. The number of benzene rings is 2. The Hall–Kier alpha value is -1.82. The fourth-order valence-corrected chi connectivity index (χ4v) is 2.28. The minimum Gasteiger partial charge on any atom is -0.489 e. The Morgan fingerprint density at radius 2 is 1.91 bits per heavy atom. The lowest BCUT2D eigenvalue weighted by molar-refractivity contribution is -0.499. The fraction of sp³-hybridized carbons (Fsp3) is 0.0667. The van der Waals surface area contributed by atoms with Crippen LogP contribution in [0.2, 0.25) is 10.0 Å². The first kappa shape index (κ1) is 16.5. The van der Waals surface area contributed by atoms with Crippen LogP contribution < -0.4 is 21.0 Å². The first-order valence-electron chi connectivity index (χ1n) is 6.36. The van der Waals surface area contributed by atoms with Crippen molar-refractivity contribution in [3.05, 3.63) is 63.6 Å². The van der Waals surface area contributed by atoms with Gasteiger partial charge in [0.1, 0.15) is 12.4 Å². The zero-order chi connectivity index (χ0) is 15.9. The van der Waals surface area contributed by atoms with E-state index in [9.17, 15) is 0 Å². The molecule has 0 fully saturated rings. The molecule has 2 aromatic rings. The van der Waals surface area contributed by atoms with Crippen LogP contribution in [-0.4, -0.2) is 11.3 Å². The highest BCUT2D eigenvalue weighted by molar-refractivity contribution is 7.80. The average molecular weight is 355 g/mol. The summed E-state index contributed by atoms with van der Waals surface area (Å²) in [4.78, 5) is 0. The summed E-state index contributed by atoms with van der Waals surface area (Å²) in [5.74, 6) is 0.696. The van der Waals surface area contributed by atoms with E-state index in [2.05, 4.69) is 10.5 Å². The van der Waals surface area contributed by atoms with Crippen molar-refractivity contribution >= 4 is 46.7 Å². The second kappa shape index (κ2) is 7.98. The van der Waals surface area contributed by atoms with Crippen molar-refractivity contribution in [1.29, 1.82) is 0 Å². The van der Waals surface area contributed by atoms with Crippen LogP contribution in [0.25, 0.3) is 0 Å².